The number of rotatable bonds is 3. The van der Waals surface area contributed by atoms with E-state index >= 15 is 0 Å². The van der Waals surface area contributed by atoms with Crippen molar-refractivity contribution in [2.45, 2.75) is 58.8 Å². The third-order valence-electron chi connectivity index (χ3n) is 4.62. The van der Waals surface area contributed by atoms with Crippen LogP contribution in [0.5, 0.6) is 0 Å². The summed E-state index contributed by atoms with van der Waals surface area (Å²) in [4.78, 5) is 0. The molecule has 0 bridgehead atoms. The van der Waals surface area contributed by atoms with Crippen LogP contribution in [0.25, 0.3) is 0 Å². The molecule has 0 saturated heterocycles. The molecule has 0 saturated carbocycles. The first-order valence-corrected chi connectivity index (χ1v) is 8.11. The van der Waals surface area contributed by atoms with Crippen molar-refractivity contribution in [2.24, 2.45) is 23.7 Å². The summed E-state index contributed by atoms with van der Waals surface area (Å²) in [6.07, 6.45) is 18.2. The van der Waals surface area contributed by atoms with E-state index in [1.165, 1.54) is 44.9 Å². The van der Waals surface area contributed by atoms with Crippen LogP contribution in [0.15, 0.2) is 24.3 Å². The molecular weight excluding hydrogens is 294 g/mol. The summed E-state index contributed by atoms with van der Waals surface area (Å²) in [6, 6.07) is 0. The number of allylic oxidation sites excluding steroid dienone is 4. The first-order chi connectivity index (χ1) is 9.15. The van der Waals surface area contributed by atoms with Gasteiger partial charge in [-0.15, -0.1) is 0 Å². The van der Waals surface area contributed by atoms with Crippen LogP contribution in [-0.2, 0) is 19.5 Å². The Labute approximate surface area is 140 Å². The van der Waals surface area contributed by atoms with Crippen molar-refractivity contribution in [2.75, 3.05) is 0 Å². The molecular formula is C19H32Zn. The Hall–Kier alpha value is 0.103. The Kier molecular flexibility index (Phi) is 11.8. The van der Waals surface area contributed by atoms with Crippen molar-refractivity contribution in [1.29, 1.82) is 0 Å². The molecule has 0 aromatic heterocycles. The summed E-state index contributed by atoms with van der Waals surface area (Å²) < 4.78 is 0. The Morgan fingerprint density at radius 2 is 1.45 bits per heavy atom. The molecule has 2 aliphatic carbocycles. The molecule has 2 aliphatic rings. The fourth-order valence-corrected chi connectivity index (χ4v) is 2.91. The van der Waals surface area contributed by atoms with E-state index in [0.29, 0.717) is 11.8 Å². The van der Waals surface area contributed by atoms with Gasteiger partial charge in [0.1, 0.15) is 0 Å². The maximum atomic E-state index is 4.15. The maximum absolute atomic E-state index is 4.15. The minimum atomic E-state index is 0. The summed E-state index contributed by atoms with van der Waals surface area (Å²) in [5, 5.41) is 0. The molecule has 0 aliphatic heterocycles. The van der Waals surface area contributed by atoms with Gasteiger partial charge in [0, 0.05) is 0 Å². The fourth-order valence-electron chi connectivity index (χ4n) is 2.91. The standard InChI is InChI=1S/C10H17.C9H15.Zn/c1-3-9(2)10-7-5-4-6-8-10;1-8(2)9-6-4-3-5-7-9;/h4-5,9-10H,2-3,6-8H2,1H3;3-4,8-9H,1,5-7H2,2H3;/q2*-1;+2. The van der Waals surface area contributed by atoms with E-state index in [4.69, 9.17) is 0 Å². The van der Waals surface area contributed by atoms with Crippen LogP contribution >= 0.6 is 0 Å². The topological polar surface area (TPSA) is 0 Å². The van der Waals surface area contributed by atoms with E-state index in [1.54, 1.807) is 0 Å². The molecule has 0 radical (unpaired) electrons. The van der Waals surface area contributed by atoms with Gasteiger partial charge in [-0.3, -0.25) is 0 Å². The van der Waals surface area contributed by atoms with Gasteiger partial charge in [0.15, 0.2) is 0 Å². The minimum absolute atomic E-state index is 0. The maximum Gasteiger partial charge on any atom is 2.00 e. The third-order valence-corrected chi connectivity index (χ3v) is 4.62. The Bertz CT molecular complexity index is 277. The average Bonchev–Trinajstić information content (AvgIpc) is 2.49. The minimum Gasteiger partial charge on any atom is -0.340 e. The fraction of sp³-hybridized carbons (Fsp3) is 0.684. The zero-order valence-corrected chi connectivity index (χ0v) is 16.7. The quantitative estimate of drug-likeness (QED) is 0.338. The molecule has 1 heteroatoms. The van der Waals surface area contributed by atoms with Crippen molar-refractivity contribution < 1.29 is 19.5 Å². The van der Waals surface area contributed by atoms with Gasteiger partial charge in [0.05, 0.1) is 0 Å². The van der Waals surface area contributed by atoms with Crippen LogP contribution in [0.1, 0.15) is 58.8 Å². The van der Waals surface area contributed by atoms with Crippen molar-refractivity contribution >= 4 is 0 Å². The first kappa shape index (κ1) is 20.1. The zero-order chi connectivity index (χ0) is 14.1. The van der Waals surface area contributed by atoms with Crippen LogP contribution in [0, 0.1) is 37.5 Å². The van der Waals surface area contributed by atoms with E-state index in [-0.39, 0.29) is 19.5 Å². The van der Waals surface area contributed by atoms with Crippen LogP contribution in [0.2, 0.25) is 0 Å². The van der Waals surface area contributed by atoms with Gasteiger partial charge in [-0.2, -0.15) is 11.8 Å². The summed E-state index contributed by atoms with van der Waals surface area (Å²) in [5.74, 6) is 3.05. The van der Waals surface area contributed by atoms with Gasteiger partial charge in [0.25, 0.3) is 0 Å². The molecule has 4 atom stereocenters. The molecule has 0 N–H and O–H groups in total. The predicted octanol–water partition coefficient (Wildman–Crippen LogP) is 6.01. The van der Waals surface area contributed by atoms with Crippen molar-refractivity contribution in [3.05, 3.63) is 38.2 Å². The third kappa shape index (κ3) is 7.77. The molecule has 4 unspecified atom stereocenters. The van der Waals surface area contributed by atoms with E-state index in [0.717, 1.165) is 11.8 Å². The summed E-state index contributed by atoms with van der Waals surface area (Å²) in [5.41, 5.74) is 0. The summed E-state index contributed by atoms with van der Waals surface area (Å²) in [7, 11) is 0. The molecule has 20 heavy (non-hydrogen) atoms. The van der Waals surface area contributed by atoms with Gasteiger partial charge >= 0.3 is 19.5 Å². The Morgan fingerprint density at radius 3 is 1.75 bits per heavy atom. The summed E-state index contributed by atoms with van der Waals surface area (Å²) >= 11 is 0. The van der Waals surface area contributed by atoms with Gasteiger partial charge < -0.3 is 13.8 Å². The van der Waals surface area contributed by atoms with E-state index in [9.17, 15) is 0 Å². The second-order valence-corrected chi connectivity index (χ2v) is 6.23. The molecule has 0 aromatic carbocycles. The zero-order valence-electron chi connectivity index (χ0n) is 13.7. The van der Waals surface area contributed by atoms with E-state index in [1.807, 2.05) is 0 Å². The van der Waals surface area contributed by atoms with Crippen molar-refractivity contribution in [3.8, 4) is 0 Å². The predicted molar refractivity (Wildman–Crippen MR) is 86.6 cm³/mol. The van der Waals surface area contributed by atoms with Gasteiger partial charge in [-0.05, 0) is 38.5 Å². The molecule has 0 spiro atoms. The normalized spacial score (nSPS) is 27.8. The average molecular weight is 326 g/mol. The Morgan fingerprint density at radius 1 is 0.950 bits per heavy atom. The molecule has 0 heterocycles. The van der Waals surface area contributed by atoms with Crippen LogP contribution in [0.3, 0.4) is 0 Å². The van der Waals surface area contributed by atoms with E-state index in [2.05, 4.69) is 52.0 Å². The molecule has 0 aromatic rings. The molecule has 110 valence electrons. The molecule has 2 rings (SSSR count). The van der Waals surface area contributed by atoms with Crippen LogP contribution in [-0.4, -0.2) is 0 Å². The van der Waals surface area contributed by atoms with Crippen molar-refractivity contribution in [1.82, 2.24) is 0 Å². The second kappa shape index (κ2) is 11.7. The molecule has 0 nitrogen and oxygen atoms in total. The smallest absolute Gasteiger partial charge is 0.340 e. The number of hydrogen-bond donors (Lipinski definition) is 0. The molecule has 0 fully saturated rings. The largest absolute Gasteiger partial charge is 2.00 e. The SMILES string of the molecule is [CH2-]C(C)C1CC=CCC1.[CH2-]C(CC)C1CC=CCC1.[Zn+2]. The van der Waals surface area contributed by atoms with Crippen LogP contribution < -0.4 is 0 Å². The Balaban J connectivity index is 0.000000345. The van der Waals surface area contributed by atoms with Crippen molar-refractivity contribution in [3.63, 3.8) is 0 Å². The van der Waals surface area contributed by atoms with Gasteiger partial charge in [-0.25, -0.2) is 0 Å². The van der Waals surface area contributed by atoms with E-state index < -0.39 is 0 Å². The number of hydrogen-bond acceptors (Lipinski definition) is 0. The monoisotopic (exact) mass is 324 g/mol. The van der Waals surface area contributed by atoms with Gasteiger partial charge in [0.2, 0.25) is 0 Å². The van der Waals surface area contributed by atoms with Gasteiger partial charge in [-0.1, -0.05) is 56.4 Å². The molecule has 0 amide bonds. The second-order valence-electron chi connectivity index (χ2n) is 6.23. The van der Waals surface area contributed by atoms with Crippen LogP contribution in [0.4, 0.5) is 0 Å². The first-order valence-electron chi connectivity index (χ1n) is 8.11. The summed E-state index contributed by atoms with van der Waals surface area (Å²) in [6.45, 7) is 12.6.